The highest BCUT2D eigenvalue weighted by Crippen LogP contribution is 2.54. The van der Waals surface area contributed by atoms with E-state index in [1.165, 1.54) is 0 Å². The van der Waals surface area contributed by atoms with E-state index in [-0.39, 0.29) is 11.8 Å². The monoisotopic (exact) mass is 370 g/mol. The van der Waals surface area contributed by atoms with Crippen molar-refractivity contribution in [1.29, 1.82) is 0 Å². The number of fused-ring (bicyclic) bond motifs is 2. The molecule has 1 saturated heterocycles. The number of likely N-dealkylation sites (tertiary alicyclic amines) is 1. The molecule has 2 atom stereocenters. The van der Waals surface area contributed by atoms with E-state index < -0.39 is 11.5 Å². The predicted octanol–water partition coefficient (Wildman–Crippen LogP) is 2.95. The fourth-order valence-corrected chi connectivity index (χ4v) is 4.57. The number of nitrogens with zero attached hydrogens (tertiary/aromatic N) is 3. The molecular weight excluding hydrogens is 352 g/mol. The number of pyridine rings is 2. The van der Waals surface area contributed by atoms with Crippen LogP contribution in [0.1, 0.15) is 33.9 Å². The minimum Gasteiger partial charge on any atom is -0.330 e. The van der Waals surface area contributed by atoms with E-state index in [9.17, 15) is 9.59 Å². The Kier molecular flexibility index (Phi) is 3.72. The van der Waals surface area contributed by atoms with Gasteiger partial charge in [-0.15, -0.1) is 0 Å². The average molecular weight is 370 g/mol. The van der Waals surface area contributed by atoms with Crippen molar-refractivity contribution >= 4 is 17.5 Å². The Morgan fingerprint density at radius 2 is 1.86 bits per heavy atom. The van der Waals surface area contributed by atoms with Gasteiger partial charge in [0.1, 0.15) is 5.41 Å². The Morgan fingerprint density at radius 1 is 1.04 bits per heavy atom. The lowest BCUT2D eigenvalue weighted by Gasteiger charge is -2.34. The Hall–Kier alpha value is -3.54. The molecule has 2 amide bonds. The maximum atomic E-state index is 13.3. The van der Waals surface area contributed by atoms with Crippen LogP contribution >= 0.6 is 0 Å². The van der Waals surface area contributed by atoms with E-state index in [1.54, 1.807) is 41.8 Å². The van der Waals surface area contributed by atoms with Gasteiger partial charge in [-0.05, 0) is 41.8 Å². The number of hydrogen-bond donors (Lipinski definition) is 1. The highest BCUT2D eigenvalue weighted by molar-refractivity contribution is 6.08. The van der Waals surface area contributed by atoms with Crippen molar-refractivity contribution in [2.24, 2.45) is 0 Å². The molecule has 2 aromatic heterocycles. The van der Waals surface area contributed by atoms with Crippen LogP contribution in [0, 0.1) is 0 Å². The third-order valence-corrected chi connectivity index (χ3v) is 5.77. The molecule has 1 spiro atoms. The first kappa shape index (κ1) is 16.6. The van der Waals surface area contributed by atoms with Gasteiger partial charge in [-0.3, -0.25) is 19.6 Å². The lowest BCUT2D eigenvalue weighted by atomic mass is 9.73. The first-order chi connectivity index (χ1) is 13.7. The second-order valence-corrected chi connectivity index (χ2v) is 7.14. The molecule has 1 fully saturated rings. The van der Waals surface area contributed by atoms with Crippen molar-refractivity contribution in [2.45, 2.75) is 17.9 Å². The third-order valence-electron chi connectivity index (χ3n) is 5.77. The van der Waals surface area contributed by atoms with Gasteiger partial charge in [0.15, 0.2) is 0 Å². The first-order valence-corrected chi connectivity index (χ1v) is 9.24. The maximum Gasteiger partial charge on any atom is 0.254 e. The fraction of sp³-hybridized carbons (Fsp3) is 0.182. The van der Waals surface area contributed by atoms with Crippen molar-refractivity contribution in [3.8, 4) is 0 Å². The lowest BCUT2D eigenvalue weighted by molar-refractivity contribution is -0.121. The van der Waals surface area contributed by atoms with Crippen LogP contribution in [0.3, 0.4) is 0 Å². The summed E-state index contributed by atoms with van der Waals surface area (Å²) in [5, 5.41) is 3.02. The van der Waals surface area contributed by atoms with Gasteiger partial charge >= 0.3 is 0 Å². The van der Waals surface area contributed by atoms with Crippen molar-refractivity contribution in [3.05, 3.63) is 90.0 Å². The number of aromatic nitrogens is 2. The van der Waals surface area contributed by atoms with Crippen LogP contribution in [0.15, 0.2) is 73.3 Å². The van der Waals surface area contributed by atoms with Crippen molar-refractivity contribution < 1.29 is 9.59 Å². The molecule has 0 saturated carbocycles. The molecule has 0 aliphatic carbocycles. The summed E-state index contributed by atoms with van der Waals surface area (Å²) in [6, 6.07) is 14.5. The molecular formula is C22H18N4O2. The number of carbonyl (C=O) groups is 2. The fourth-order valence-electron chi connectivity index (χ4n) is 4.57. The van der Waals surface area contributed by atoms with Gasteiger partial charge in [0.2, 0.25) is 5.91 Å². The maximum absolute atomic E-state index is 13.3. The van der Waals surface area contributed by atoms with Gasteiger partial charge in [0.05, 0.1) is 6.04 Å². The predicted molar refractivity (Wildman–Crippen MR) is 104 cm³/mol. The summed E-state index contributed by atoms with van der Waals surface area (Å²) in [4.78, 5) is 36.7. The molecule has 2 aliphatic heterocycles. The number of rotatable bonds is 2. The summed E-state index contributed by atoms with van der Waals surface area (Å²) >= 11 is 0. The van der Waals surface area contributed by atoms with Gasteiger partial charge in [-0.25, -0.2) is 0 Å². The minimum absolute atomic E-state index is 0.0624. The molecule has 0 bridgehead atoms. The van der Waals surface area contributed by atoms with Crippen LogP contribution in [0.2, 0.25) is 0 Å². The largest absolute Gasteiger partial charge is 0.330 e. The quantitative estimate of drug-likeness (QED) is 0.753. The molecule has 3 aromatic rings. The van der Waals surface area contributed by atoms with Gasteiger partial charge in [0, 0.05) is 42.6 Å². The average Bonchev–Trinajstić information content (AvgIpc) is 3.28. The summed E-state index contributed by atoms with van der Waals surface area (Å²) < 4.78 is 0. The van der Waals surface area contributed by atoms with E-state index >= 15 is 0 Å². The molecule has 1 N–H and O–H groups in total. The minimum atomic E-state index is -0.817. The summed E-state index contributed by atoms with van der Waals surface area (Å²) in [7, 11) is 0. The van der Waals surface area contributed by atoms with E-state index in [0.717, 1.165) is 16.8 Å². The summed E-state index contributed by atoms with van der Waals surface area (Å²) in [5.74, 6) is -0.169. The van der Waals surface area contributed by atoms with Gasteiger partial charge in [-0.1, -0.05) is 24.3 Å². The molecule has 138 valence electrons. The number of benzene rings is 1. The zero-order chi connectivity index (χ0) is 19.1. The zero-order valence-electron chi connectivity index (χ0n) is 15.1. The second-order valence-electron chi connectivity index (χ2n) is 7.14. The highest BCUT2D eigenvalue weighted by atomic mass is 16.2. The van der Waals surface area contributed by atoms with Crippen LogP contribution in [0.25, 0.3) is 0 Å². The summed E-state index contributed by atoms with van der Waals surface area (Å²) in [5.41, 5.74) is 2.36. The van der Waals surface area contributed by atoms with Gasteiger partial charge in [-0.2, -0.15) is 0 Å². The lowest BCUT2D eigenvalue weighted by Crippen LogP contribution is -2.42. The smallest absolute Gasteiger partial charge is 0.254 e. The van der Waals surface area contributed by atoms with Crippen LogP contribution in [0.5, 0.6) is 0 Å². The standard InChI is InChI=1S/C22H18N4O2/c27-20(15-7-11-23-12-8-15)26-13-9-22(19(26)16-4-3-10-24-14-16)17-5-1-2-6-18(17)25-21(22)28/h1-8,10-12,14,19H,9,13H2,(H,25,28). The van der Waals surface area contributed by atoms with Gasteiger partial charge in [0.25, 0.3) is 5.91 Å². The first-order valence-electron chi connectivity index (χ1n) is 9.24. The topological polar surface area (TPSA) is 75.2 Å². The van der Waals surface area contributed by atoms with E-state index in [1.807, 2.05) is 36.4 Å². The molecule has 28 heavy (non-hydrogen) atoms. The Labute approximate surface area is 162 Å². The third kappa shape index (κ3) is 2.27. The number of amides is 2. The number of anilines is 1. The van der Waals surface area contributed by atoms with Crippen molar-refractivity contribution in [3.63, 3.8) is 0 Å². The molecule has 6 heteroatoms. The molecule has 0 radical (unpaired) electrons. The normalized spacial score (nSPS) is 22.9. The number of nitrogens with one attached hydrogen (secondary N) is 1. The number of hydrogen-bond acceptors (Lipinski definition) is 4. The Bertz CT molecular complexity index is 1050. The molecule has 2 aliphatic rings. The SMILES string of the molecule is O=C(c1ccncc1)N1CCC2(C(=O)Nc3ccccc32)C1c1cccnc1. The summed E-state index contributed by atoms with van der Waals surface area (Å²) in [6.45, 7) is 0.489. The Balaban J connectivity index is 1.68. The van der Waals surface area contributed by atoms with Crippen LogP contribution in [-0.2, 0) is 10.2 Å². The molecule has 4 heterocycles. The highest BCUT2D eigenvalue weighted by Gasteiger charge is 2.59. The zero-order valence-corrected chi connectivity index (χ0v) is 15.1. The van der Waals surface area contributed by atoms with Crippen LogP contribution < -0.4 is 5.32 Å². The second kappa shape index (κ2) is 6.27. The van der Waals surface area contributed by atoms with E-state index in [4.69, 9.17) is 0 Å². The van der Waals surface area contributed by atoms with Crippen LogP contribution in [-0.4, -0.2) is 33.2 Å². The van der Waals surface area contributed by atoms with Crippen molar-refractivity contribution in [1.82, 2.24) is 14.9 Å². The van der Waals surface area contributed by atoms with Crippen LogP contribution in [0.4, 0.5) is 5.69 Å². The molecule has 2 unspecified atom stereocenters. The summed E-state index contributed by atoms with van der Waals surface area (Å²) in [6.07, 6.45) is 7.22. The van der Waals surface area contributed by atoms with E-state index in [0.29, 0.717) is 18.5 Å². The number of para-hydroxylation sites is 1. The molecule has 6 nitrogen and oxygen atoms in total. The van der Waals surface area contributed by atoms with Gasteiger partial charge < -0.3 is 10.2 Å². The number of carbonyl (C=O) groups excluding carboxylic acids is 2. The van der Waals surface area contributed by atoms with E-state index in [2.05, 4.69) is 15.3 Å². The molecule has 5 rings (SSSR count). The molecule has 1 aromatic carbocycles. The van der Waals surface area contributed by atoms with Crippen molar-refractivity contribution in [2.75, 3.05) is 11.9 Å². The Morgan fingerprint density at radius 3 is 2.64 bits per heavy atom.